The maximum absolute atomic E-state index is 13.7. The molecule has 2 aromatic rings. The Morgan fingerprint density at radius 1 is 1.38 bits per heavy atom. The van der Waals surface area contributed by atoms with Crippen LogP contribution in [-0.4, -0.2) is 39.1 Å². The van der Waals surface area contributed by atoms with E-state index in [9.17, 15) is 19.4 Å². The lowest BCUT2D eigenvalue weighted by molar-refractivity contribution is 0.0940. The number of carbonyl (C=O) groups excluding carboxylic acids is 1. The van der Waals surface area contributed by atoms with Gasteiger partial charge < -0.3 is 15.5 Å². The van der Waals surface area contributed by atoms with Crippen LogP contribution in [0.3, 0.4) is 0 Å². The van der Waals surface area contributed by atoms with E-state index in [0.29, 0.717) is 13.0 Å². The second kappa shape index (κ2) is 7.44. The molecule has 6 nitrogen and oxygen atoms in total. The Balaban J connectivity index is 2.00. The first kappa shape index (κ1) is 17.9. The molecule has 0 saturated heterocycles. The summed E-state index contributed by atoms with van der Waals surface area (Å²) in [5, 5.41) is 25.7. The fourth-order valence-electron chi connectivity index (χ4n) is 2.22. The maximum Gasteiger partial charge on any atom is 0.275 e. The van der Waals surface area contributed by atoms with Crippen LogP contribution < -0.4 is 5.32 Å². The Labute approximate surface area is 139 Å². The molecule has 0 radical (unpaired) electrons. The largest absolute Gasteiger partial charge is 0.504 e. The van der Waals surface area contributed by atoms with Crippen LogP contribution in [0.15, 0.2) is 30.5 Å². The van der Waals surface area contributed by atoms with E-state index in [-0.39, 0.29) is 29.2 Å². The third-order valence-corrected chi connectivity index (χ3v) is 3.75. The Kier molecular flexibility index (Phi) is 5.56. The van der Waals surface area contributed by atoms with Crippen LogP contribution in [0.4, 0.5) is 4.39 Å². The summed E-state index contributed by atoms with van der Waals surface area (Å²) in [7, 11) is 0. The molecule has 0 saturated carbocycles. The molecule has 7 heteroatoms. The number of para-hydroxylation sites is 1. The number of aromatic nitrogens is 2. The van der Waals surface area contributed by atoms with Crippen LogP contribution in [0.2, 0.25) is 0 Å². The SMILES string of the molecule is CC(C)(CO)CCCNC(=O)c1nn(-c2ccccc2F)cc1O. The third-order valence-electron chi connectivity index (χ3n) is 3.75. The number of nitrogens with one attached hydrogen (secondary N) is 1. The van der Waals surface area contributed by atoms with E-state index in [2.05, 4.69) is 10.4 Å². The number of aliphatic hydroxyl groups excluding tert-OH is 1. The maximum atomic E-state index is 13.7. The van der Waals surface area contributed by atoms with E-state index in [4.69, 9.17) is 0 Å². The number of amides is 1. The first-order valence-electron chi connectivity index (χ1n) is 7.77. The lowest BCUT2D eigenvalue weighted by Crippen LogP contribution is -2.27. The number of benzene rings is 1. The van der Waals surface area contributed by atoms with Crippen molar-refractivity contribution in [2.45, 2.75) is 26.7 Å². The zero-order valence-corrected chi connectivity index (χ0v) is 13.8. The van der Waals surface area contributed by atoms with E-state index >= 15 is 0 Å². The summed E-state index contributed by atoms with van der Waals surface area (Å²) in [6, 6.07) is 5.96. The van der Waals surface area contributed by atoms with Gasteiger partial charge in [-0.25, -0.2) is 9.07 Å². The highest BCUT2D eigenvalue weighted by Crippen LogP contribution is 2.21. The Morgan fingerprint density at radius 2 is 2.08 bits per heavy atom. The molecule has 1 aromatic carbocycles. The molecular weight excluding hydrogens is 313 g/mol. The van der Waals surface area contributed by atoms with Crippen molar-refractivity contribution in [2.75, 3.05) is 13.2 Å². The average molecular weight is 335 g/mol. The summed E-state index contributed by atoms with van der Waals surface area (Å²) in [5.74, 6) is -1.34. The lowest BCUT2D eigenvalue weighted by atomic mass is 9.89. The summed E-state index contributed by atoms with van der Waals surface area (Å²) >= 11 is 0. The van der Waals surface area contributed by atoms with Crippen molar-refractivity contribution in [1.82, 2.24) is 15.1 Å². The molecule has 0 aliphatic carbocycles. The van der Waals surface area contributed by atoms with Crippen molar-refractivity contribution < 1.29 is 19.4 Å². The van der Waals surface area contributed by atoms with Gasteiger partial charge in [-0.2, -0.15) is 5.10 Å². The number of halogens is 1. The van der Waals surface area contributed by atoms with Crippen molar-refractivity contribution in [3.05, 3.63) is 42.0 Å². The predicted octanol–water partition coefficient (Wildman–Crippen LogP) is 2.25. The van der Waals surface area contributed by atoms with Gasteiger partial charge in [-0.15, -0.1) is 0 Å². The monoisotopic (exact) mass is 335 g/mol. The first-order chi connectivity index (χ1) is 11.3. The Bertz CT molecular complexity index is 713. The topological polar surface area (TPSA) is 87.4 Å². The third kappa shape index (κ3) is 4.32. The van der Waals surface area contributed by atoms with Crippen LogP contribution >= 0.6 is 0 Å². The molecule has 1 amide bonds. The van der Waals surface area contributed by atoms with E-state index < -0.39 is 11.7 Å². The summed E-state index contributed by atoms with van der Waals surface area (Å²) in [6.45, 7) is 4.36. The van der Waals surface area contributed by atoms with Crippen molar-refractivity contribution >= 4 is 5.91 Å². The van der Waals surface area contributed by atoms with Crippen LogP contribution in [0.5, 0.6) is 5.75 Å². The Morgan fingerprint density at radius 3 is 2.75 bits per heavy atom. The van der Waals surface area contributed by atoms with Gasteiger partial charge in [-0.3, -0.25) is 4.79 Å². The minimum Gasteiger partial charge on any atom is -0.504 e. The molecule has 3 N–H and O–H groups in total. The minimum atomic E-state index is -0.524. The highest BCUT2D eigenvalue weighted by molar-refractivity contribution is 5.94. The summed E-state index contributed by atoms with van der Waals surface area (Å²) < 4.78 is 14.9. The van der Waals surface area contributed by atoms with Crippen molar-refractivity contribution in [2.24, 2.45) is 5.41 Å². The molecule has 0 spiro atoms. The predicted molar refractivity (Wildman–Crippen MR) is 87.6 cm³/mol. The van der Waals surface area contributed by atoms with Gasteiger partial charge in [0.15, 0.2) is 11.4 Å². The highest BCUT2D eigenvalue weighted by Gasteiger charge is 2.19. The quantitative estimate of drug-likeness (QED) is 0.677. The van der Waals surface area contributed by atoms with Crippen LogP contribution in [0, 0.1) is 11.2 Å². The van der Waals surface area contributed by atoms with Gasteiger partial charge in [0.1, 0.15) is 11.5 Å². The second-order valence-electron chi connectivity index (χ2n) is 6.44. The molecule has 2 rings (SSSR count). The summed E-state index contributed by atoms with van der Waals surface area (Å²) in [6.07, 6.45) is 2.63. The molecule has 0 atom stereocenters. The molecule has 0 unspecified atom stereocenters. The zero-order valence-electron chi connectivity index (χ0n) is 13.8. The van der Waals surface area contributed by atoms with Crippen molar-refractivity contribution in [1.29, 1.82) is 0 Å². The summed E-state index contributed by atoms with van der Waals surface area (Å²) in [5.41, 5.74) is -0.199. The van der Waals surface area contributed by atoms with Crippen LogP contribution in [0.1, 0.15) is 37.2 Å². The molecule has 1 heterocycles. The number of aromatic hydroxyl groups is 1. The van der Waals surface area contributed by atoms with Gasteiger partial charge in [0.2, 0.25) is 0 Å². The zero-order chi connectivity index (χ0) is 17.7. The first-order valence-corrected chi connectivity index (χ1v) is 7.77. The second-order valence-corrected chi connectivity index (χ2v) is 6.44. The highest BCUT2D eigenvalue weighted by atomic mass is 19.1. The fraction of sp³-hybridized carbons (Fsp3) is 0.412. The molecular formula is C17H22FN3O3. The van der Waals surface area contributed by atoms with E-state index in [1.54, 1.807) is 12.1 Å². The molecule has 0 bridgehead atoms. The van der Waals surface area contributed by atoms with Crippen molar-refractivity contribution in [3.63, 3.8) is 0 Å². The average Bonchev–Trinajstić information content (AvgIpc) is 2.93. The van der Waals surface area contributed by atoms with Gasteiger partial charge in [-0.05, 0) is 30.4 Å². The smallest absolute Gasteiger partial charge is 0.275 e. The number of hydrogen-bond acceptors (Lipinski definition) is 4. The molecule has 0 fully saturated rings. The number of carbonyl (C=O) groups is 1. The number of hydrogen-bond donors (Lipinski definition) is 3. The minimum absolute atomic E-state index is 0.0782. The van der Waals surface area contributed by atoms with Crippen LogP contribution in [-0.2, 0) is 0 Å². The molecule has 130 valence electrons. The van der Waals surface area contributed by atoms with Gasteiger partial charge in [0.25, 0.3) is 5.91 Å². The normalized spacial score (nSPS) is 11.5. The van der Waals surface area contributed by atoms with Gasteiger partial charge in [0.05, 0.1) is 6.20 Å². The Hall–Kier alpha value is -2.41. The molecule has 24 heavy (non-hydrogen) atoms. The summed E-state index contributed by atoms with van der Waals surface area (Å²) in [4.78, 5) is 12.1. The number of aliphatic hydroxyl groups is 1. The fourth-order valence-corrected chi connectivity index (χ4v) is 2.22. The molecule has 0 aliphatic rings. The van der Waals surface area contributed by atoms with Gasteiger partial charge >= 0.3 is 0 Å². The standard InChI is InChI=1S/C17H22FN3O3/c1-17(2,11-22)8-5-9-19-16(24)15-14(23)10-21(20-15)13-7-4-3-6-12(13)18/h3-4,6-7,10,22-23H,5,8-9,11H2,1-2H3,(H,19,24). The molecule has 0 aliphatic heterocycles. The van der Waals surface area contributed by atoms with E-state index in [1.807, 2.05) is 13.8 Å². The van der Waals surface area contributed by atoms with E-state index in [1.165, 1.54) is 18.3 Å². The van der Waals surface area contributed by atoms with Gasteiger partial charge in [0, 0.05) is 13.2 Å². The lowest BCUT2D eigenvalue weighted by Gasteiger charge is -2.21. The molecule has 1 aromatic heterocycles. The van der Waals surface area contributed by atoms with E-state index in [0.717, 1.165) is 11.1 Å². The van der Waals surface area contributed by atoms with Crippen molar-refractivity contribution in [3.8, 4) is 11.4 Å². The van der Waals surface area contributed by atoms with Crippen LogP contribution in [0.25, 0.3) is 5.69 Å². The number of nitrogens with zero attached hydrogens (tertiary/aromatic N) is 2. The number of rotatable bonds is 7. The van der Waals surface area contributed by atoms with Gasteiger partial charge in [-0.1, -0.05) is 26.0 Å².